The molecule has 488 valence electrons. The van der Waals surface area contributed by atoms with E-state index in [0.29, 0.717) is 12.8 Å². The van der Waals surface area contributed by atoms with Crippen LogP contribution in [0.4, 0.5) is 0 Å². The Labute approximate surface area is 498 Å². The lowest BCUT2D eigenvalue weighted by Gasteiger charge is -2.48. The molecular weight excluding hydrogens is 1070 g/mol. The summed E-state index contributed by atoms with van der Waals surface area (Å²) in [6.07, 6.45) is 24.6. The fraction of sp³-hybridized carbons (Fsp3) is 0.922. The minimum atomic E-state index is -1.98. The first-order valence-corrected chi connectivity index (χ1v) is 33.1. The number of carbonyl (C=O) groups excluding carboxylic acids is 1. The van der Waals surface area contributed by atoms with Crippen LogP contribution in [0.2, 0.25) is 0 Å². The summed E-state index contributed by atoms with van der Waals surface area (Å²) >= 11 is 0. The van der Waals surface area contributed by atoms with E-state index in [1.54, 1.807) is 6.08 Å². The van der Waals surface area contributed by atoms with Gasteiger partial charge in [-0.05, 0) is 32.1 Å². The number of allylic oxidation sites excluding steroid dienone is 3. The van der Waals surface area contributed by atoms with E-state index >= 15 is 0 Å². The summed E-state index contributed by atoms with van der Waals surface area (Å²) in [7, 11) is 0. The lowest BCUT2D eigenvalue weighted by atomic mass is 9.96. The van der Waals surface area contributed by atoms with Crippen molar-refractivity contribution < 1.29 is 89.4 Å². The zero-order chi connectivity index (χ0) is 60.5. The highest BCUT2D eigenvalue weighted by Crippen LogP contribution is 2.33. The molecule has 0 aliphatic carbocycles. The van der Waals surface area contributed by atoms with E-state index in [-0.39, 0.29) is 18.9 Å². The summed E-state index contributed by atoms with van der Waals surface area (Å²) in [5.41, 5.74) is 0. The Bertz CT molecular complexity index is 1610. The smallest absolute Gasteiger partial charge is 0.220 e. The molecule has 0 saturated carbocycles. The molecule has 0 aromatic heterocycles. The van der Waals surface area contributed by atoms with Crippen molar-refractivity contribution in [3.63, 3.8) is 0 Å². The number of nitrogens with one attached hydrogen (secondary N) is 1. The Balaban J connectivity index is 1.43. The van der Waals surface area contributed by atoms with Gasteiger partial charge in [-0.3, -0.25) is 4.79 Å². The Morgan fingerprint density at radius 2 is 0.771 bits per heavy atom. The Morgan fingerprint density at radius 1 is 0.422 bits per heavy atom. The molecule has 0 aromatic rings. The third-order valence-corrected chi connectivity index (χ3v) is 16.8. The van der Waals surface area contributed by atoms with Gasteiger partial charge in [-0.2, -0.15) is 0 Å². The van der Waals surface area contributed by atoms with Gasteiger partial charge in [-0.1, -0.05) is 231 Å². The number of unbranched alkanes of at least 4 members (excludes halogenated alkanes) is 32. The van der Waals surface area contributed by atoms with Crippen molar-refractivity contribution in [3.05, 3.63) is 24.3 Å². The van der Waals surface area contributed by atoms with Gasteiger partial charge in [0.1, 0.15) is 73.2 Å². The summed E-state index contributed by atoms with van der Waals surface area (Å²) in [5, 5.41) is 120. The van der Waals surface area contributed by atoms with Crippen LogP contribution in [-0.4, -0.2) is 193 Å². The molecule has 3 fully saturated rings. The van der Waals surface area contributed by atoms with Crippen molar-refractivity contribution in [2.24, 2.45) is 0 Å². The molecule has 17 unspecified atom stereocenters. The third kappa shape index (κ3) is 30.4. The predicted molar refractivity (Wildman–Crippen MR) is 319 cm³/mol. The quantitative estimate of drug-likeness (QED) is 0.0207. The number of rotatable bonds is 50. The molecule has 3 aliphatic heterocycles. The standard InChI is InChI=1S/C64H119NO18/c1-3-5-7-9-11-13-15-17-18-19-20-21-22-23-24-25-26-27-28-30-32-34-36-38-40-42-52(70)65-47(48(69)41-39-37-35-33-31-29-16-14-12-10-8-6-4-2)46-78-62-58(76)55(73)60(50(44-67)80-62)83-64-59(77)56(74)61(51(45-68)81-64)82-63-57(75)54(72)53(71)49(43-66)79-63/h31,33,39,41,47-51,53-64,66-69,71-77H,3-30,32,34-38,40,42-46H2,1-2H3,(H,65,70)/b33-31+,41-39+. The highest BCUT2D eigenvalue weighted by molar-refractivity contribution is 5.76. The molecule has 3 rings (SSSR count). The zero-order valence-electron chi connectivity index (χ0n) is 51.2. The van der Waals surface area contributed by atoms with Gasteiger partial charge in [-0.25, -0.2) is 0 Å². The van der Waals surface area contributed by atoms with Crippen LogP contribution < -0.4 is 5.32 Å². The average Bonchev–Trinajstić information content (AvgIpc) is 3.31. The molecule has 0 bridgehead atoms. The van der Waals surface area contributed by atoms with Crippen molar-refractivity contribution in [1.82, 2.24) is 5.32 Å². The van der Waals surface area contributed by atoms with Gasteiger partial charge in [-0.15, -0.1) is 0 Å². The van der Waals surface area contributed by atoms with Gasteiger partial charge in [0.05, 0.1) is 38.6 Å². The highest BCUT2D eigenvalue weighted by Gasteiger charge is 2.53. The van der Waals surface area contributed by atoms with E-state index in [0.717, 1.165) is 38.5 Å². The van der Waals surface area contributed by atoms with E-state index in [2.05, 4.69) is 31.3 Å². The highest BCUT2D eigenvalue weighted by atomic mass is 16.8. The van der Waals surface area contributed by atoms with Gasteiger partial charge < -0.3 is 89.9 Å². The molecule has 12 N–H and O–H groups in total. The number of ether oxygens (including phenoxy) is 6. The third-order valence-electron chi connectivity index (χ3n) is 16.8. The largest absolute Gasteiger partial charge is 0.394 e. The second-order valence-electron chi connectivity index (χ2n) is 23.9. The van der Waals surface area contributed by atoms with Crippen LogP contribution in [0.3, 0.4) is 0 Å². The summed E-state index contributed by atoms with van der Waals surface area (Å²) in [4.78, 5) is 13.4. The minimum Gasteiger partial charge on any atom is -0.394 e. The Morgan fingerprint density at radius 3 is 1.20 bits per heavy atom. The van der Waals surface area contributed by atoms with Crippen molar-refractivity contribution in [1.29, 1.82) is 0 Å². The number of carbonyl (C=O) groups is 1. The second kappa shape index (κ2) is 47.3. The monoisotopic (exact) mass is 1190 g/mol. The normalized spacial score (nSPS) is 29.5. The second-order valence-corrected chi connectivity index (χ2v) is 23.9. The molecule has 0 spiro atoms. The van der Waals surface area contributed by atoms with Crippen LogP contribution in [0.25, 0.3) is 0 Å². The van der Waals surface area contributed by atoms with Gasteiger partial charge in [0.2, 0.25) is 5.91 Å². The SMILES string of the molecule is CCCCCCCCC/C=C/CC/C=C/C(O)C(COC1OC(CO)C(OC2OC(CO)C(OC3OC(CO)C(O)C(O)C3O)C(O)C2O)C(O)C1O)NC(=O)CCCCCCCCCCCCCCCCCCCCCCCCCCC. The van der Waals surface area contributed by atoms with E-state index < -0.39 is 124 Å². The van der Waals surface area contributed by atoms with E-state index in [1.165, 1.54) is 173 Å². The fourth-order valence-electron chi connectivity index (χ4n) is 11.3. The van der Waals surface area contributed by atoms with Crippen LogP contribution in [-0.2, 0) is 33.2 Å². The van der Waals surface area contributed by atoms with Gasteiger partial charge in [0, 0.05) is 6.42 Å². The van der Waals surface area contributed by atoms with Gasteiger partial charge >= 0.3 is 0 Å². The molecule has 0 aromatic carbocycles. The summed E-state index contributed by atoms with van der Waals surface area (Å²) < 4.78 is 34.3. The number of hydrogen-bond donors (Lipinski definition) is 12. The molecule has 83 heavy (non-hydrogen) atoms. The number of amides is 1. The van der Waals surface area contributed by atoms with E-state index in [1.807, 2.05) is 6.08 Å². The van der Waals surface area contributed by atoms with Crippen LogP contribution in [0.1, 0.15) is 245 Å². The molecule has 3 aliphatic rings. The molecule has 3 heterocycles. The van der Waals surface area contributed by atoms with Crippen LogP contribution in [0.15, 0.2) is 24.3 Å². The first-order valence-electron chi connectivity index (χ1n) is 33.1. The maximum atomic E-state index is 13.4. The fourth-order valence-corrected chi connectivity index (χ4v) is 11.3. The lowest BCUT2D eigenvalue weighted by Crippen LogP contribution is -2.66. The average molecular weight is 1190 g/mol. The van der Waals surface area contributed by atoms with Crippen molar-refractivity contribution >= 4 is 5.91 Å². The van der Waals surface area contributed by atoms with Crippen molar-refractivity contribution in [2.75, 3.05) is 26.4 Å². The molecule has 17 atom stereocenters. The van der Waals surface area contributed by atoms with Crippen LogP contribution >= 0.6 is 0 Å². The van der Waals surface area contributed by atoms with E-state index in [4.69, 9.17) is 28.4 Å². The summed E-state index contributed by atoms with van der Waals surface area (Å²) in [6.45, 7) is 1.71. The molecule has 3 saturated heterocycles. The molecular formula is C64H119NO18. The molecule has 19 heteroatoms. The molecule has 1 amide bonds. The molecule has 0 radical (unpaired) electrons. The Kier molecular flexibility index (Phi) is 43.0. The van der Waals surface area contributed by atoms with Crippen LogP contribution in [0.5, 0.6) is 0 Å². The minimum absolute atomic E-state index is 0.240. The maximum Gasteiger partial charge on any atom is 0.220 e. The van der Waals surface area contributed by atoms with Crippen LogP contribution in [0, 0.1) is 0 Å². The molecule has 19 nitrogen and oxygen atoms in total. The van der Waals surface area contributed by atoms with Crippen molar-refractivity contribution in [2.45, 2.75) is 349 Å². The lowest BCUT2D eigenvalue weighted by molar-refractivity contribution is -0.379. The number of aliphatic hydroxyl groups is 11. The maximum absolute atomic E-state index is 13.4. The summed E-state index contributed by atoms with van der Waals surface area (Å²) in [5.74, 6) is -0.282. The first-order chi connectivity index (χ1) is 40.3. The van der Waals surface area contributed by atoms with Gasteiger partial charge in [0.25, 0.3) is 0 Å². The van der Waals surface area contributed by atoms with E-state index in [9.17, 15) is 61.0 Å². The van der Waals surface area contributed by atoms with Crippen molar-refractivity contribution in [3.8, 4) is 0 Å². The number of hydrogen-bond acceptors (Lipinski definition) is 18. The Hall–Kier alpha value is -1.73. The topological polar surface area (TPSA) is 307 Å². The van der Waals surface area contributed by atoms with Gasteiger partial charge in [0.15, 0.2) is 18.9 Å². The zero-order valence-corrected chi connectivity index (χ0v) is 51.2. The predicted octanol–water partition coefficient (Wildman–Crippen LogP) is 7.49. The number of aliphatic hydroxyl groups excluding tert-OH is 11. The summed E-state index contributed by atoms with van der Waals surface area (Å²) in [6, 6.07) is -0.985. The first kappa shape index (κ1) is 75.5.